The van der Waals surface area contributed by atoms with Gasteiger partial charge < -0.3 is 5.32 Å². The van der Waals surface area contributed by atoms with Gasteiger partial charge >= 0.3 is 0 Å². The number of nitrogens with one attached hydrogen (secondary N) is 1. The van der Waals surface area contributed by atoms with Crippen molar-refractivity contribution in [2.75, 3.05) is 6.54 Å². The highest BCUT2D eigenvalue weighted by Crippen LogP contribution is 2.35. The fraction of sp³-hybridized carbons (Fsp3) is 0.421. The van der Waals surface area contributed by atoms with Crippen molar-refractivity contribution in [2.24, 2.45) is 0 Å². The van der Waals surface area contributed by atoms with Crippen molar-refractivity contribution >= 4 is 0 Å². The maximum atomic E-state index is 13.8. The minimum absolute atomic E-state index is 0.143. The molecule has 0 spiro atoms. The van der Waals surface area contributed by atoms with Gasteiger partial charge in [0.2, 0.25) is 0 Å². The average Bonchev–Trinajstić information content (AvgIpc) is 2.57. The minimum Gasteiger partial charge on any atom is -0.313 e. The van der Waals surface area contributed by atoms with Gasteiger partial charge in [-0.2, -0.15) is 0 Å². The molecule has 0 aliphatic heterocycles. The van der Waals surface area contributed by atoms with Gasteiger partial charge in [-0.05, 0) is 67.1 Å². The Morgan fingerprint density at radius 3 is 2.83 bits per heavy atom. The van der Waals surface area contributed by atoms with Crippen LogP contribution in [0.5, 0.6) is 0 Å². The number of fused-ring (bicyclic) bond motifs is 1. The summed E-state index contributed by atoms with van der Waals surface area (Å²) in [6.07, 6.45) is 7.18. The highest BCUT2D eigenvalue weighted by atomic mass is 19.2. The Labute approximate surface area is 136 Å². The Kier molecular flexibility index (Phi) is 5.01. The van der Waals surface area contributed by atoms with E-state index in [1.165, 1.54) is 12.1 Å². The Morgan fingerprint density at radius 1 is 1.26 bits per heavy atom. The van der Waals surface area contributed by atoms with Gasteiger partial charge in [0.1, 0.15) is 0 Å². The number of aromatic nitrogens is 1. The predicted molar refractivity (Wildman–Crippen MR) is 87.4 cm³/mol. The zero-order valence-electron chi connectivity index (χ0n) is 13.4. The molecular formula is C19H22F2N2. The minimum atomic E-state index is -0.754. The van der Waals surface area contributed by atoms with Gasteiger partial charge in [0, 0.05) is 24.4 Å². The summed E-state index contributed by atoms with van der Waals surface area (Å²) in [5.41, 5.74) is 3.00. The molecule has 1 aromatic heterocycles. The highest BCUT2D eigenvalue weighted by Gasteiger charge is 2.30. The summed E-state index contributed by atoms with van der Waals surface area (Å²) in [5, 5.41) is 3.58. The molecule has 23 heavy (non-hydrogen) atoms. The summed E-state index contributed by atoms with van der Waals surface area (Å²) in [5.74, 6) is -1.36. The van der Waals surface area contributed by atoms with E-state index in [4.69, 9.17) is 0 Å². The lowest BCUT2D eigenvalue weighted by Gasteiger charge is -2.34. The van der Waals surface area contributed by atoms with Crippen LogP contribution in [0.4, 0.5) is 8.78 Å². The number of nitrogens with zero attached hydrogens (tertiary/aromatic N) is 1. The summed E-state index contributed by atoms with van der Waals surface area (Å²) < 4.78 is 27.3. The number of hydrogen-bond acceptors (Lipinski definition) is 2. The van der Waals surface area contributed by atoms with Gasteiger partial charge in [0.15, 0.2) is 11.6 Å². The second-order valence-electron chi connectivity index (χ2n) is 6.24. The molecule has 2 aromatic rings. The number of hydrogen-bond donors (Lipinski definition) is 1. The van der Waals surface area contributed by atoms with Crippen molar-refractivity contribution < 1.29 is 8.78 Å². The SMILES string of the molecule is CCCNC1CCc2cc(F)c(F)cc2C1Cc1cccnc1. The van der Waals surface area contributed by atoms with Crippen molar-refractivity contribution in [1.29, 1.82) is 0 Å². The lowest BCUT2D eigenvalue weighted by atomic mass is 9.76. The maximum Gasteiger partial charge on any atom is 0.159 e. The predicted octanol–water partition coefficient (Wildman–Crippen LogP) is 4.00. The van der Waals surface area contributed by atoms with Crippen LogP contribution in [0.1, 0.15) is 42.4 Å². The Balaban J connectivity index is 1.94. The Bertz CT molecular complexity index is 658. The quantitative estimate of drug-likeness (QED) is 0.902. The third-order valence-corrected chi connectivity index (χ3v) is 4.63. The molecule has 2 nitrogen and oxygen atoms in total. The second-order valence-corrected chi connectivity index (χ2v) is 6.24. The highest BCUT2D eigenvalue weighted by molar-refractivity contribution is 5.37. The number of benzene rings is 1. The van der Waals surface area contributed by atoms with Crippen LogP contribution in [-0.2, 0) is 12.8 Å². The zero-order valence-corrected chi connectivity index (χ0v) is 13.4. The van der Waals surface area contributed by atoms with E-state index in [1.807, 2.05) is 18.3 Å². The van der Waals surface area contributed by atoms with Gasteiger partial charge in [-0.1, -0.05) is 13.0 Å². The largest absolute Gasteiger partial charge is 0.313 e. The first-order valence-electron chi connectivity index (χ1n) is 8.29. The molecule has 0 fully saturated rings. The molecule has 1 aliphatic rings. The standard InChI is InChI=1S/C19H22F2N2/c1-2-7-23-19-6-5-14-10-17(20)18(21)11-15(14)16(19)9-13-4-3-8-22-12-13/h3-4,8,10-12,16,19,23H,2,5-7,9H2,1H3. The molecule has 2 atom stereocenters. The molecule has 2 unspecified atom stereocenters. The van der Waals surface area contributed by atoms with Crippen LogP contribution in [0.2, 0.25) is 0 Å². The van der Waals surface area contributed by atoms with Crippen molar-refractivity contribution in [1.82, 2.24) is 10.3 Å². The topological polar surface area (TPSA) is 24.9 Å². The van der Waals surface area contributed by atoms with Crippen molar-refractivity contribution in [3.8, 4) is 0 Å². The van der Waals surface area contributed by atoms with Crippen LogP contribution >= 0.6 is 0 Å². The zero-order chi connectivity index (χ0) is 16.2. The van der Waals surface area contributed by atoms with Gasteiger partial charge in [0.25, 0.3) is 0 Å². The molecule has 1 N–H and O–H groups in total. The molecule has 0 saturated carbocycles. The summed E-state index contributed by atoms with van der Waals surface area (Å²) in [6.45, 7) is 3.07. The molecule has 0 radical (unpaired) electrons. The second kappa shape index (κ2) is 7.18. The lowest BCUT2D eigenvalue weighted by molar-refractivity contribution is 0.380. The van der Waals surface area contributed by atoms with E-state index in [0.29, 0.717) is 0 Å². The summed E-state index contributed by atoms with van der Waals surface area (Å²) >= 11 is 0. The normalized spacial score (nSPS) is 20.3. The third kappa shape index (κ3) is 3.58. The van der Waals surface area contributed by atoms with E-state index < -0.39 is 11.6 Å². The first-order valence-corrected chi connectivity index (χ1v) is 8.29. The molecule has 4 heteroatoms. The molecule has 0 bridgehead atoms. The van der Waals surface area contributed by atoms with Crippen LogP contribution < -0.4 is 5.32 Å². The van der Waals surface area contributed by atoms with Crippen LogP contribution in [0, 0.1) is 11.6 Å². The number of pyridine rings is 1. The molecule has 0 saturated heterocycles. The summed E-state index contributed by atoms with van der Waals surface area (Å²) in [6, 6.07) is 7.01. The van der Waals surface area contributed by atoms with Crippen LogP contribution in [0.25, 0.3) is 0 Å². The smallest absolute Gasteiger partial charge is 0.159 e. The Morgan fingerprint density at radius 2 is 2.09 bits per heavy atom. The molecule has 1 aromatic carbocycles. The third-order valence-electron chi connectivity index (χ3n) is 4.63. The molecule has 0 amide bonds. The van der Waals surface area contributed by atoms with Gasteiger partial charge in [-0.25, -0.2) is 8.78 Å². The van der Waals surface area contributed by atoms with Crippen molar-refractivity contribution in [3.05, 3.63) is 65.0 Å². The van der Waals surface area contributed by atoms with Crippen LogP contribution in [0.15, 0.2) is 36.7 Å². The molecular weight excluding hydrogens is 294 g/mol. The fourth-order valence-electron chi connectivity index (χ4n) is 3.49. The van der Waals surface area contributed by atoms with E-state index >= 15 is 0 Å². The van der Waals surface area contributed by atoms with Crippen LogP contribution in [0.3, 0.4) is 0 Å². The maximum absolute atomic E-state index is 13.8. The molecule has 3 rings (SSSR count). The fourth-order valence-corrected chi connectivity index (χ4v) is 3.49. The van der Waals surface area contributed by atoms with Gasteiger partial charge in [0.05, 0.1) is 0 Å². The van der Waals surface area contributed by atoms with Crippen molar-refractivity contribution in [3.63, 3.8) is 0 Å². The molecule has 1 heterocycles. The summed E-state index contributed by atoms with van der Waals surface area (Å²) in [7, 11) is 0. The van der Waals surface area contributed by atoms with E-state index in [-0.39, 0.29) is 12.0 Å². The lowest BCUT2D eigenvalue weighted by Crippen LogP contribution is -2.39. The first kappa shape index (κ1) is 16.1. The molecule has 1 aliphatic carbocycles. The monoisotopic (exact) mass is 316 g/mol. The van der Waals surface area contributed by atoms with Crippen molar-refractivity contribution in [2.45, 2.75) is 44.6 Å². The van der Waals surface area contributed by atoms with E-state index in [2.05, 4.69) is 17.2 Å². The van der Waals surface area contributed by atoms with E-state index in [1.54, 1.807) is 6.20 Å². The van der Waals surface area contributed by atoms with E-state index in [9.17, 15) is 8.78 Å². The number of halogens is 2. The Hall–Kier alpha value is -1.81. The van der Waals surface area contributed by atoms with E-state index in [0.717, 1.165) is 48.9 Å². The van der Waals surface area contributed by atoms with Gasteiger partial charge in [-0.15, -0.1) is 0 Å². The average molecular weight is 316 g/mol. The van der Waals surface area contributed by atoms with Crippen LogP contribution in [-0.4, -0.2) is 17.6 Å². The van der Waals surface area contributed by atoms with Gasteiger partial charge in [-0.3, -0.25) is 4.98 Å². The summed E-state index contributed by atoms with van der Waals surface area (Å²) in [4.78, 5) is 4.17. The first-order chi connectivity index (χ1) is 11.2. The number of rotatable bonds is 5. The number of aryl methyl sites for hydroxylation is 1. The molecule has 122 valence electrons.